The first-order valence-electron chi connectivity index (χ1n) is 11.2. The SMILES string of the molecule is Oc1ccccc1C(O)c1ccc2cc3ccccc3c3c4cccc5cccc(c1c23)c54. The Morgan fingerprint density at radius 1 is 0.455 bits per heavy atom. The van der Waals surface area contributed by atoms with E-state index >= 15 is 0 Å². The lowest BCUT2D eigenvalue weighted by Gasteiger charge is -2.21. The topological polar surface area (TPSA) is 40.5 Å². The number of aromatic hydroxyl groups is 1. The molecule has 2 heteroatoms. The Morgan fingerprint density at radius 3 is 1.94 bits per heavy atom. The van der Waals surface area contributed by atoms with E-state index in [0.29, 0.717) is 5.56 Å². The van der Waals surface area contributed by atoms with Crippen LogP contribution in [0, 0.1) is 0 Å². The van der Waals surface area contributed by atoms with Crippen LogP contribution in [0.15, 0.2) is 103 Å². The average molecular weight is 424 g/mol. The molecule has 0 aliphatic carbocycles. The molecule has 0 saturated heterocycles. The Labute approximate surface area is 190 Å². The first-order chi connectivity index (χ1) is 16.2. The average Bonchev–Trinajstić information content (AvgIpc) is 2.86. The minimum Gasteiger partial charge on any atom is -0.508 e. The van der Waals surface area contributed by atoms with Crippen molar-refractivity contribution in [1.29, 1.82) is 0 Å². The number of rotatable bonds is 2. The van der Waals surface area contributed by atoms with Crippen molar-refractivity contribution >= 4 is 53.9 Å². The second-order valence-electron chi connectivity index (χ2n) is 8.77. The van der Waals surface area contributed by atoms with Gasteiger partial charge in [-0.25, -0.2) is 0 Å². The molecule has 0 saturated carbocycles. The van der Waals surface area contributed by atoms with Crippen molar-refractivity contribution in [1.82, 2.24) is 0 Å². The molecule has 0 aliphatic rings. The number of para-hydroxylation sites is 1. The Hall–Kier alpha value is -4.14. The molecule has 1 atom stereocenters. The van der Waals surface area contributed by atoms with Gasteiger partial charge in [0.1, 0.15) is 11.9 Å². The molecule has 7 aromatic rings. The van der Waals surface area contributed by atoms with E-state index < -0.39 is 6.10 Å². The lowest BCUT2D eigenvalue weighted by Crippen LogP contribution is -2.02. The summed E-state index contributed by atoms with van der Waals surface area (Å²) in [4.78, 5) is 0. The molecule has 0 radical (unpaired) electrons. The standard InChI is InChI=1S/C31H20O2/c32-26-14-4-3-11-22(26)31(33)25-16-15-20-17-19-7-1-2-10-21(19)29-23-12-5-8-18-9-6-13-24(27(18)23)30(25)28(20)29/h1-17,31-33H. The van der Waals surface area contributed by atoms with Crippen LogP contribution in [0.1, 0.15) is 17.2 Å². The van der Waals surface area contributed by atoms with Gasteiger partial charge in [-0.15, -0.1) is 0 Å². The van der Waals surface area contributed by atoms with E-state index in [2.05, 4.69) is 72.8 Å². The van der Waals surface area contributed by atoms with Gasteiger partial charge in [-0.3, -0.25) is 0 Å². The smallest absolute Gasteiger partial charge is 0.121 e. The van der Waals surface area contributed by atoms with E-state index in [1.54, 1.807) is 18.2 Å². The zero-order chi connectivity index (χ0) is 22.1. The third-order valence-corrected chi connectivity index (χ3v) is 7.03. The number of aliphatic hydroxyl groups is 1. The number of phenolic OH excluding ortho intramolecular Hbond substituents is 1. The van der Waals surface area contributed by atoms with Crippen LogP contribution in [0.2, 0.25) is 0 Å². The van der Waals surface area contributed by atoms with Gasteiger partial charge >= 0.3 is 0 Å². The van der Waals surface area contributed by atoms with Gasteiger partial charge in [0.2, 0.25) is 0 Å². The molecule has 0 aromatic heterocycles. The largest absolute Gasteiger partial charge is 0.508 e. The highest BCUT2D eigenvalue weighted by atomic mass is 16.3. The molecular weight excluding hydrogens is 404 g/mol. The number of hydrogen-bond donors (Lipinski definition) is 2. The Morgan fingerprint density at radius 2 is 1.12 bits per heavy atom. The minimum atomic E-state index is -0.939. The lowest BCUT2D eigenvalue weighted by molar-refractivity contribution is 0.217. The van der Waals surface area contributed by atoms with Crippen LogP contribution in [0.4, 0.5) is 0 Å². The highest BCUT2D eigenvalue weighted by Gasteiger charge is 2.22. The molecule has 0 bridgehead atoms. The summed E-state index contributed by atoms with van der Waals surface area (Å²) in [5.41, 5.74) is 1.32. The molecule has 0 aliphatic heterocycles. The Bertz CT molecular complexity index is 1840. The summed E-state index contributed by atoms with van der Waals surface area (Å²) in [6, 6.07) is 34.8. The maximum absolute atomic E-state index is 11.5. The quantitative estimate of drug-likeness (QED) is 0.221. The molecule has 33 heavy (non-hydrogen) atoms. The van der Waals surface area contributed by atoms with Gasteiger partial charge in [0, 0.05) is 5.56 Å². The molecule has 0 fully saturated rings. The summed E-state index contributed by atoms with van der Waals surface area (Å²) < 4.78 is 0. The Balaban J connectivity index is 1.77. The molecule has 0 amide bonds. The Kier molecular flexibility index (Phi) is 3.73. The summed E-state index contributed by atoms with van der Waals surface area (Å²) in [7, 11) is 0. The maximum atomic E-state index is 11.5. The molecule has 2 nitrogen and oxygen atoms in total. The monoisotopic (exact) mass is 424 g/mol. The fourth-order valence-corrected chi connectivity index (χ4v) is 5.62. The number of benzene rings is 7. The van der Waals surface area contributed by atoms with E-state index in [0.717, 1.165) is 27.1 Å². The first-order valence-corrected chi connectivity index (χ1v) is 11.2. The van der Waals surface area contributed by atoms with Crippen molar-refractivity contribution in [2.24, 2.45) is 0 Å². The van der Waals surface area contributed by atoms with Crippen molar-refractivity contribution in [2.75, 3.05) is 0 Å². The molecule has 7 rings (SSSR count). The summed E-state index contributed by atoms with van der Waals surface area (Å²) in [6.45, 7) is 0. The van der Waals surface area contributed by atoms with Gasteiger partial charge in [0.15, 0.2) is 0 Å². The second kappa shape index (κ2) is 6.68. The lowest BCUT2D eigenvalue weighted by atomic mass is 9.83. The van der Waals surface area contributed by atoms with Gasteiger partial charge < -0.3 is 10.2 Å². The van der Waals surface area contributed by atoms with E-state index in [1.165, 1.54) is 32.3 Å². The predicted molar refractivity (Wildman–Crippen MR) is 137 cm³/mol. The maximum Gasteiger partial charge on any atom is 0.121 e. The summed E-state index contributed by atoms with van der Waals surface area (Å²) >= 11 is 0. The first kappa shape index (κ1) is 18.4. The highest BCUT2D eigenvalue weighted by Crippen LogP contribution is 2.46. The summed E-state index contributed by atoms with van der Waals surface area (Å²) in [6.07, 6.45) is -0.939. The molecule has 0 spiro atoms. The van der Waals surface area contributed by atoms with Crippen molar-refractivity contribution in [3.63, 3.8) is 0 Å². The van der Waals surface area contributed by atoms with Crippen LogP contribution in [0.3, 0.4) is 0 Å². The molecule has 7 aromatic carbocycles. The van der Waals surface area contributed by atoms with Gasteiger partial charge in [0.25, 0.3) is 0 Å². The molecule has 2 N–H and O–H groups in total. The normalized spacial score (nSPS) is 13.0. The fraction of sp³-hybridized carbons (Fsp3) is 0.0323. The predicted octanol–water partition coefficient (Wildman–Crippen LogP) is 7.68. The molecule has 1 unspecified atom stereocenters. The van der Waals surface area contributed by atoms with Crippen LogP contribution in [0.25, 0.3) is 53.9 Å². The van der Waals surface area contributed by atoms with E-state index in [9.17, 15) is 10.2 Å². The van der Waals surface area contributed by atoms with Crippen LogP contribution in [-0.4, -0.2) is 10.2 Å². The molecule has 156 valence electrons. The van der Waals surface area contributed by atoms with Gasteiger partial charge in [0.05, 0.1) is 0 Å². The van der Waals surface area contributed by atoms with Gasteiger partial charge in [-0.2, -0.15) is 0 Å². The van der Waals surface area contributed by atoms with Gasteiger partial charge in [-0.05, 0) is 71.6 Å². The van der Waals surface area contributed by atoms with Crippen molar-refractivity contribution in [2.45, 2.75) is 6.10 Å². The minimum absolute atomic E-state index is 0.102. The van der Waals surface area contributed by atoms with E-state index in [1.807, 2.05) is 12.1 Å². The van der Waals surface area contributed by atoms with Crippen LogP contribution in [-0.2, 0) is 0 Å². The van der Waals surface area contributed by atoms with Crippen LogP contribution >= 0.6 is 0 Å². The third kappa shape index (κ3) is 2.47. The van der Waals surface area contributed by atoms with Crippen molar-refractivity contribution in [3.8, 4) is 5.75 Å². The van der Waals surface area contributed by atoms with Crippen molar-refractivity contribution < 1.29 is 10.2 Å². The molecule has 0 heterocycles. The van der Waals surface area contributed by atoms with Gasteiger partial charge in [-0.1, -0.05) is 91.0 Å². The van der Waals surface area contributed by atoms with E-state index in [4.69, 9.17) is 0 Å². The third-order valence-electron chi connectivity index (χ3n) is 7.03. The number of hydrogen-bond acceptors (Lipinski definition) is 2. The van der Waals surface area contributed by atoms with Crippen LogP contribution in [0.5, 0.6) is 5.75 Å². The zero-order valence-corrected chi connectivity index (χ0v) is 17.8. The van der Waals surface area contributed by atoms with Crippen LogP contribution < -0.4 is 0 Å². The van der Waals surface area contributed by atoms with Crippen molar-refractivity contribution in [3.05, 3.63) is 114 Å². The van der Waals surface area contributed by atoms with E-state index in [-0.39, 0.29) is 5.75 Å². The summed E-state index contributed by atoms with van der Waals surface area (Å²) in [5, 5.41) is 33.7. The highest BCUT2D eigenvalue weighted by molar-refractivity contribution is 6.38. The second-order valence-corrected chi connectivity index (χ2v) is 8.77. The summed E-state index contributed by atoms with van der Waals surface area (Å²) in [5.74, 6) is 0.102. The number of fused-ring (bicyclic) bond motifs is 4. The number of phenols is 1. The molecular formula is C31H20O2. The fourth-order valence-electron chi connectivity index (χ4n) is 5.62. The number of aliphatic hydroxyl groups excluding tert-OH is 1. The zero-order valence-electron chi connectivity index (χ0n) is 17.8.